The first kappa shape index (κ1) is 15.0. The molecule has 1 fully saturated rings. The van der Waals surface area contributed by atoms with Crippen LogP contribution in [-0.4, -0.2) is 29.6 Å². The van der Waals surface area contributed by atoms with Crippen LogP contribution in [0.2, 0.25) is 0 Å². The largest absolute Gasteiger partial charge is 0.329 e. The maximum absolute atomic E-state index is 6.09. The summed E-state index contributed by atoms with van der Waals surface area (Å²) in [6, 6.07) is 0.818. The topological polar surface area (TPSA) is 29.3 Å². The van der Waals surface area contributed by atoms with Crippen molar-refractivity contribution in [2.75, 3.05) is 13.1 Å². The molecule has 2 N–H and O–H groups in total. The maximum Gasteiger partial charge on any atom is 0.0306 e. The van der Waals surface area contributed by atoms with E-state index in [0.29, 0.717) is 0 Å². The van der Waals surface area contributed by atoms with Crippen LogP contribution >= 0.6 is 0 Å². The second-order valence-corrected chi connectivity index (χ2v) is 6.91. The van der Waals surface area contributed by atoms with E-state index < -0.39 is 0 Å². The fraction of sp³-hybridized carbons (Fsp3) is 1.00. The minimum atomic E-state index is 0.218. The van der Waals surface area contributed by atoms with Crippen LogP contribution in [0, 0.1) is 11.8 Å². The van der Waals surface area contributed by atoms with Crippen LogP contribution in [0.25, 0.3) is 0 Å². The molecule has 0 aromatic carbocycles. The molecular weight excluding hydrogens is 208 g/mol. The van der Waals surface area contributed by atoms with Crippen LogP contribution in [0.4, 0.5) is 0 Å². The zero-order valence-electron chi connectivity index (χ0n) is 12.5. The minimum absolute atomic E-state index is 0.218. The highest BCUT2D eigenvalue weighted by atomic mass is 15.3. The zero-order valence-corrected chi connectivity index (χ0v) is 12.5. The van der Waals surface area contributed by atoms with Gasteiger partial charge in [0.15, 0.2) is 0 Å². The van der Waals surface area contributed by atoms with Crippen LogP contribution in [0.3, 0.4) is 0 Å². The minimum Gasteiger partial charge on any atom is -0.329 e. The molecule has 0 saturated heterocycles. The molecule has 0 spiro atoms. The Morgan fingerprint density at radius 2 is 1.76 bits per heavy atom. The summed E-state index contributed by atoms with van der Waals surface area (Å²) < 4.78 is 0. The first-order valence-electron chi connectivity index (χ1n) is 7.36. The summed E-state index contributed by atoms with van der Waals surface area (Å²) in [4.78, 5) is 2.71. The van der Waals surface area contributed by atoms with E-state index in [1.165, 1.54) is 32.2 Å². The van der Waals surface area contributed by atoms with Gasteiger partial charge in [0.05, 0.1) is 0 Å². The van der Waals surface area contributed by atoms with E-state index in [0.717, 1.165) is 24.4 Å². The lowest BCUT2D eigenvalue weighted by Gasteiger charge is -2.42. The second kappa shape index (κ2) is 6.19. The lowest BCUT2D eigenvalue weighted by Crippen LogP contribution is -2.54. The zero-order chi connectivity index (χ0) is 13.1. The molecule has 0 aromatic heterocycles. The van der Waals surface area contributed by atoms with Gasteiger partial charge in [0.25, 0.3) is 0 Å². The van der Waals surface area contributed by atoms with Gasteiger partial charge in [0.1, 0.15) is 0 Å². The van der Waals surface area contributed by atoms with Gasteiger partial charge in [-0.25, -0.2) is 0 Å². The third-order valence-corrected chi connectivity index (χ3v) is 3.94. The van der Waals surface area contributed by atoms with Crippen molar-refractivity contribution in [2.24, 2.45) is 17.6 Å². The summed E-state index contributed by atoms with van der Waals surface area (Å²) in [6.07, 6.45) is 5.29. The highest BCUT2D eigenvalue weighted by Crippen LogP contribution is 2.35. The van der Waals surface area contributed by atoms with Crippen molar-refractivity contribution in [3.8, 4) is 0 Å². The monoisotopic (exact) mass is 240 g/mol. The molecule has 1 atom stereocenters. The molecule has 1 aliphatic rings. The van der Waals surface area contributed by atoms with Crippen molar-refractivity contribution < 1.29 is 0 Å². The average molecular weight is 240 g/mol. The van der Waals surface area contributed by atoms with E-state index in [-0.39, 0.29) is 5.54 Å². The Balaban J connectivity index is 2.64. The summed E-state index contributed by atoms with van der Waals surface area (Å²) in [5.74, 6) is 1.52. The Morgan fingerprint density at radius 3 is 2.12 bits per heavy atom. The number of rotatable bonds is 8. The van der Waals surface area contributed by atoms with E-state index >= 15 is 0 Å². The molecule has 17 heavy (non-hydrogen) atoms. The predicted octanol–water partition coefficient (Wildman–Crippen LogP) is 3.26. The molecule has 102 valence electrons. The number of hydrogen-bond donors (Lipinski definition) is 1. The average Bonchev–Trinajstić information content (AvgIpc) is 3.06. The Kier molecular flexibility index (Phi) is 5.46. The molecule has 0 bridgehead atoms. The fourth-order valence-corrected chi connectivity index (χ4v) is 2.55. The van der Waals surface area contributed by atoms with Crippen LogP contribution < -0.4 is 5.73 Å². The van der Waals surface area contributed by atoms with Crippen LogP contribution in [0.15, 0.2) is 0 Å². The Morgan fingerprint density at radius 1 is 1.18 bits per heavy atom. The first-order chi connectivity index (χ1) is 7.89. The van der Waals surface area contributed by atoms with E-state index in [2.05, 4.69) is 39.5 Å². The van der Waals surface area contributed by atoms with Crippen LogP contribution in [0.5, 0.6) is 0 Å². The van der Waals surface area contributed by atoms with Gasteiger partial charge >= 0.3 is 0 Å². The number of nitrogens with zero attached hydrogens (tertiary/aromatic N) is 1. The van der Waals surface area contributed by atoms with Crippen molar-refractivity contribution in [3.63, 3.8) is 0 Å². The summed E-state index contributed by atoms with van der Waals surface area (Å²) in [6.45, 7) is 13.6. The highest BCUT2D eigenvalue weighted by Gasteiger charge is 2.40. The van der Waals surface area contributed by atoms with Crippen molar-refractivity contribution in [1.82, 2.24) is 4.90 Å². The SMILES string of the molecule is CC(C)CCC(C)(CN)N(CC(C)C)C1CC1. The van der Waals surface area contributed by atoms with Gasteiger partial charge in [-0.15, -0.1) is 0 Å². The van der Waals surface area contributed by atoms with Gasteiger partial charge in [-0.05, 0) is 44.4 Å². The van der Waals surface area contributed by atoms with E-state index in [4.69, 9.17) is 5.73 Å². The fourth-order valence-electron chi connectivity index (χ4n) is 2.55. The molecule has 0 aromatic rings. The van der Waals surface area contributed by atoms with Gasteiger partial charge < -0.3 is 5.73 Å². The van der Waals surface area contributed by atoms with Gasteiger partial charge in [0, 0.05) is 24.7 Å². The van der Waals surface area contributed by atoms with Gasteiger partial charge in [0.2, 0.25) is 0 Å². The van der Waals surface area contributed by atoms with Gasteiger partial charge in [-0.1, -0.05) is 27.7 Å². The summed E-state index contributed by atoms with van der Waals surface area (Å²) in [5.41, 5.74) is 6.31. The normalized spacial score (nSPS) is 20.3. The third-order valence-electron chi connectivity index (χ3n) is 3.94. The number of nitrogens with two attached hydrogens (primary N) is 1. The molecule has 0 radical (unpaired) electrons. The lowest BCUT2D eigenvalue weighted by atomic mass is 9.89. The molecule has 2 heteroatoms. The molecule has 0 amide bonds. The maximum atomic E-state index is 6.09. The summed E-state index contributed by atoms with van der Waals surface area (Å²) in [5, 5.41) is 0. The van der Waals surface area contributed by atoms with Crippen LogP contribution in [0.1, 0.15) is 60.3 Å². The Labute approximate surface area is 108 Å². The highest BCUT2D eigenvalue weighted by molar-refractivity contribution is 4.97. The first-order valence-corrected chi connectivity index (χ1v) is 7.36. The number of hydrogen-bond acceptors (Lipinski definition) is 2. The summed E-state index contributed by atoms with van der Waals surface area (Å²) >= 11 is 0. The molecule has 1 aliphatic carbocycles. The van der Waals surface area contributed by atoms with Crippen molar-refractivity contribution >= 4 is 0 Å². The molecule has 0 heterocycles. The quantitative estimate of drug-likeness (QED) is 0.705. The Bertz CT molecular complexity index is 221. The van der Waals surface area contributed by atoms with E-state index in [9.17, 15) is 0 Å². The Hall–Kier alpha value is -0.0800. The predicted molar refractivity (Wildman–Crippen MR) is 76.1 cm³/mol. The molecule has 1 rings (SSSR count). The molecule has 1 saturated carbocycles. The molecular formula is C15H32N2. The van der Waals surface area contributed by atoms with Crippen molar-refractivity contribution in [2.45, 2.75) is 71.9 Å². The van der Waals surface area contributed by atoms with Gasteiger partial charge in [-0.2, -0.15) is 0 Å². The smallest absolute Gasteiger partial charge is 0.0306 e. The van der Waals surface area contributed by atoms with Crippen molar-refractivity contribution in [1.29, 1.82) is 0 Å². The molecule has 2 nitrogen and oxygen atoms in total. The second-order valence-electron chi connectivity index (χ2n) is 6.91. The standard InChI is InChI=1S/C15H32N2/c1-12(2)8-9-15(5,11-16)17(10-13(3)4)14-6-7-14/h12-14H,6-11,16H2,1-5H3. The summed E-state index contributed by atoms with van der Waals surface area (Å²) in [7, 11) is 0. The van der Waals surface area contributed by atoms with Crippen LogP contribution in [-0.2, 0) is 0 Å². The lowest BCUT2D eigenvalue weighted by molar-refractivity contribution is 0.0738. The molecule has 0 aliphatic heterocycles. The third kappa shape index (κ3) is 4.59. The molecule has 1 unspecified atom stereocenters. The van der Waals surface area contributed by atoms with Crippen molar-refractivity contribution in [3.05, 3.63) is 0 Å². The van der Waals surface area contributed by atoms with E-state index in [1.54, 1.807) is 0 Å². The van der Waals surface area contributed by atoms with Gasteiger partial charge in [-0.3, -0.25) is 4.90 Å². The van der Waals surface area contributed by atoms with E-state index in [1.807, 2.05) is 0 Å².